The van der Waals surface area contributed by atoms with E-state index in [4.69, 9.17) is 0 Å². The standard InChI is InChI=1S/C16H27N3O/c1-5-9-14-11-13(16(20)19(7-3)8-4)12-15(18-14)17-10-6-2/h11-12H,5-10H2,1-4H3,(H,17,18). The zero-order chi connectivity index (χ0) is 15.0. The molecule has 0 saturated carbocycles. The molecule has 1 aromatic rings. The van der Waals surface area contributed by atoms with Crippen LogP contribution in [0.2, 0.25) is 0 Å². The molecule has 4 nitrogen and oxygen atoms in total. The van der Waals surface area contributed by atoms with E-state index in [0.717, 1.165) is 56.0 Å². The first kappa shape index (κ1) is 16.5. The van der Waals surface area contributed by atoms with E-state index in [1.54, 1.807) is 0 Å². The Labute approximate surface area is 122 Å². The summed E-state index contributed by atoms with van der Waals surface area (Å²) in [6.07, 6.45) is 2.97. The molecular weight excluding hydrogens is 250 g/mol. The van der Waals surface area contributed by atoms with E-state index >= 15 is 0 Å². The number of carbonyl (C=O) groups excluding carboxylic acids is 1. The van der Waals surface area contributed by atoms with Gasteiger partial charge in [0.2, 0.25) is 0 Å². The molecule has 4 heteroatoms. The highest BCUT2D eigenvalue weighted by atomic mass is 16.2. The van der Waals surface area contributed by atoms with Crippen LogP contribution in [0.3, 0.4) is 0 Å². The molecule has 1 heterocycles. The van der Waals surface area contributed by atoms with Crippen LogP contribution in [-0.4, -0.2) is 35.4 Å². The van der Waals surface area contributed by atoms with Crippen molar-refractivity contribution in [3.05, 3.63) is 23.4 Å². The summed E-state index contributed by atoms with van der Waals surface area (Å²) in [5, 5.41) is 3.28. The van der Waals surface area contributed by atoms with Crippen LogP contribution in [0, 0.1) is 0 Å². The number of rotatable bonds is 8. The number of pyridine rings is 1. The third kappa shape index (κ3) is 4.51. The fourth-order valence-electron chi connectivity index (χ4n) is 2.13. The topological polar surface area (TPSA) is 45.2 Å². The highest BCUT2D eigenvalue weighted by Crippen LogP contribution is 2.14. The van der Waals surface area contributed by atoms with Gasteiger partial charge < -0.3 is 10.2 Å². The molecule has 0 aliphatic heterocycles. The van der Waals surface area contributed by atoms with E-state index in [1.165, 1.54) is 0 Å². The minimum Gasteiger partial charge on any atom is -0.370 e. The van der Waals surface area contributed by atoms with Crippen molar-refractivity contribution >= 4 is 11.7 Å². The number of carbonyl (C=O) groups is 1. The van der Waals surface area contributed by atoms with Crippen LogP contribution in [-0.2, 0) is 6.42 Å². The lowest BCUT2D eigenvalue weighted by molar-refractivity contribution is 0.0773. The van der Waals surface area contributed by atoms with Crippen molar-refractivity contribution in [2.75, 3.05) is 25.0 Å². The first-order valence-electron chi connectivity index (χ1n) is 7.70. The minimum absolute atomic E-state index is 0.0919. The van der Waals surface area contributed by atoms with Crippen LogP contribution in [0.15, 0.2) is 12.1 Å². The number of anilines is 1. The van der Waals surface area contributed by atoms with Gasteiger partial charge in [-0.3, -0.25) is 4.79 Å². The van der Waals surface area contributed by atoms with Crippen molar-refractivity contribution in [2.45, 2.75) is 47.0 Å². The summed E-state index contributed by atoms with van der Waals surface area (Å²) in [7, 11) is 0. The number of amides is 1. The number of nitrogens with one attached hydrogen (secondary N) is 1. The Morgan fingerprint density at radius 3 is 2.40 bits per heavy atom. The van der Waals surface area contributed by atoms with E-state index < -0.39 is 0 Å². The fraction of sp³-hybridized carbons (Fsp3) is 0.625. The van der Waals surface area contributed by atoms with Gasteiger partial charge in [0.05, 0.1) is 0 Å². The Bertz CT molecular complexity index is 428. The van der Waals surface area contributed by atoms with Crippen molar-refractivity contribution in [3.63, 3.8) is 0 Å². The van der Waals surface area contributed by atoms with E-state index in [2.05, 4.69) is 24.1 Å². The second-order valence-electron chi connectivity index (χ2n) is 4.89. The number of hydrogen-bond donors (Lipinski definition) is 1. The summed E-state index contributed by atoms with van der Waals surface area (Å²) >= 11 is 0. The van der Waals surface area contributed by atoms with Gasteiger partial charge in [0.1, 0.15) is 5.82 Å². The van der Waals surface area contributed by atoms with Gasteiger partial charge in [0.25, 0.3) is 5.91 Å². The Morgan fingerprint density at radius 2 is 1.85 bits per heavy atom. The lowest BCUT2D eigenvalue weighted by atomic mass is 10.1. The zero-order valence-electron chi connectivity index (χ0n) is 13.2. The van der Waals surface area contributed by atoms with Crippen LogP contribution < -0.4 is 5.32 Å². The van der Waals surface area contributed by atoms with Crippen LogP contribution in [0.4, 0.5) is 5.82 Å². The smallest absolute Gasteiger partial charge is 0.254 e. The van der Waals surface area contributed by atoms with Crippen LogP contribution in [0.5, 0.6) is 0 Å². The maximum absolute atomic E-state index is 12.5. The van der Waals surface area contributed by atoms with E-state index in [9.17, 15) is 4.79 Å². The Morgan fingerprint density at radius 1 is 1.15 bits per heavy atom. The average Bonchev–Trinajstić information content (AvgIpc) is 2.46. The summed E-state index contributed by atoms with van der Waals surface area (Å²) in [5.41, 5.74) is 1.73. The number of aromatic nitrogens is 1. The largest absolute Gasteiger partial charge is 0.370 e. The second-order valence-corrected chi connectivity index (χ2v) is 4.89. The normalized spacial score (nSPS) is 10.4. The molecule has 1 N–H and O–H groups in total. The lowest BCUT2D eigenvalue weighted by Gasteiger charge is -2.19. The molecule has 0 unspecified atom stereocenters. The molecule has 20 heavy (non-hydrogen) atoms. The maximum atomic E-state index is 12.5. The Hall–Kier alpha value is -1.58. The predicted molar refractivity (Wildman–Crippen MR) is 84.3 cm³/mol. The van der Waals surface area contributed by atoms with Crippen molar-refractivity contribution in [2.24, 2.45) is 0 Å². The number of hydrogen-bond acceptors (Lipinski definition) is 3. The van der Waals surface area contributed by atoms with Gasteiger partial charge in [0.15, 0.2) is 0 Å². The van der Waals surface area contributed by atoms with Crippen molar-refractivity contribution in [1.29, 1.82) is 0 Å². The van der Waals surface area contributed by atoms with Gasteiger partial charge in [-0.1, -0.05) is 20.3 Å². The van der Waals surface area contributed by atoms with Crippen LogP contribution >= 0.6 is 0 Å². The molecule has 1 rings (SSSR count). The Kier molecular flexibility index (Phi) is 7.05. The minimum atomic E-state index is 0.0919. The van der Waals surface area contributed by atoms with Gasteiger partial charge in [0, 0.05) is 30.9 Å². The molecule has 0 radical (unpaired) electrons. The molecule has 0 bridgehead atoms. The summed E-state index contributed by atoms with van der Waals surface area (Å²) in [6.45, 7) is 10.6. The summed E-state index contributed by atoms with van der Waals surface area (Å²) < 4.78 is 0. The maximum Gasteiger partial charge on any atom is 0.254 e. The summed E-state index contributed by atoms with van der Waals surface area (Å²) in [6, 6.07) is 3.80. The summed E-state index contributed by atoms with van der Waals surface area (Å²) in [4.78, 5) is 18.9. The van der Waals surface area contributed by atoms with Gasteiger partial charge in [-0.25, -0.2) is 4.98 Å². The van der Waals surface area contributed by atoms with Crippen molar-refractivity contribution in [1.82, 2.24) is 9.88 Å². The van der Waals surface area contributed by atoms with Crippen LogP contribution in [0.25, 0.3) is 0 Å². The van der Waals surface area contributed by atoms with Crippen LogP contribution in [0.1, 0.15) is 56.6 Å². The van der Waals surface area contributed by atoms with Gasteiger partial charge in [-0.05, 0) is 38.8 Å². The molecule has 0 fully saturated rings. The molecule has 0 aromatic carbocycles. The fourth-order valence-corrected chi connectivity index (χ4v) is 2.13. The predicted octanol–water partition coefficient (Wildman–Crippen LogP) is 3.34. The SMILES string of the molecule is CCCNc1cc(C(=O)N(CC)CC)cc(CCC)n1. The lowest BCUT2D eigenvalue weighted by Crippen LogP contribution is -2.30. The first-order chi connectivity index (χ1) is 9.65. The van der Waals surface area contributed by atoms with Gasteiger partial charge >= 0.3 is 0 Å². The molecule has 1 amide bonds. The molecule has 0 spiro atoms. The average molecular weight is 277 g/mol. The number of nitrogens with zero attached hydrogens (tertiary/aromatic N) is 2. The highest BCUT2D eigenvalue weighted by Gasteiger charge is 2.14. The quantitative estimate of drug-likeness (QED) is 0.792. The third-order valence-electron chi connectivity index (χ3n) is 3.24. The molecule has 0 aliphatic carbocycles. The molecular formula is C16H27N3O. The second kappa shape index (κ2) is 8.56. The Balaban J connectivity index is 3.03. The molecule has 0 atom stereocenters. The molecule has 0 aliphatic rings. The van der Waals surface area contributed by atoms with Gasteiger partial charge in [-0.2, -0.15) is 0 Å². The van der Waals surface area contributed by atoms with E-state index in [0.29, 0.717) is 0 Å². The van der Waals surface area contributed by atoms with Crippen molar-refractivity contribution < 1.29 is 4.79 Å². The van der Waals surface area contributed by atoms with Crippen molar-refractivity contribution in [3.8, 4) is 0 Å². The highest BCUT2D eigenvalue weighted by molar-refractivity contribution is 5.95. The zero-order valence-corrected chi connectivity index (χ0v) is 13.2. The van der Waals surface area contributed by atoms with Gasteiger partial charge in [-0.15, -0.1) is 0 Å². The number of aryl methyl sites for hydroxylation is 1. The molecule has 112 valence electrons. The first-order valence-corrected chi connectivity index (χ1v) is 7.70. The summed E-state index contributed by atoms with van der Waals surface area (Å²) in [5.74, 6) is 0.905. The van der Waals surface area contributed by atoms with E-state index in [-0.39, 0.29) is 5.91 Å². The third-order valence-corrected chi connectivity index (χ3v) is 3.24. The molecule has 0 saturated heterocycles. The monoisotopic (exact) mass is 277 g/mol. The van der Waals surface area contributed by atoms with E-state index in [1.807, 2.05) is 30.9 Å². The molecule has 1 aromatic heterocycles.